The van der Waals surface area contributed by atoms with Gasteiger partial charge in [0, 0.05) is 22.1 Å². The molecule has 2 rings (SSSR count). The number of hydrogen-bond acceptors (Lipinski definition) is 4. The third-order valence-electron chi connectivity index (χ3n) is 2.51. The maximum absolute atomic E-state index is 11.9. The van der Waals surface area contributed by atoms with Crippen LogP contribution in [0.4, 0.5) is 0 Å². The molecule has 1 unspecified atom stereocenters. The second-order valence-electron chi connectivity index (χ2n) is 3.73. The van der Waals surface area contributed by atoms with Crippen LogP contribution in [0.5, 0.6) is 0 Å². The molecule has 1 aromatic carbocycles. The van der Waals surface area contributed by atoms with Gasteiger partial charge in [-0.15, -0.1) is 11.8 Å². The normalized spacial score (nSPS) is 19.1. The topological polar surface area (TPSA) is 43.4 Å². The molecule has 0 saturated carbocycles. The molecule has 3 nitrogen and oxygen atoms in total. The summed E-state index contributed by atoms with van der Waals surface area (Å²) in [6.45, 7) is 2.01. The Morgan fingerprint density at radius 3 is 2.94 bits per heavy atom. The summed E-state index contributed by atoms with van der Waals surface area (Å²) in [5, 5.41) is 0.271. The van der Waals surface area contributed by atoms with Gasteiger partial charge < -0.3 is 4.74 Å². The lowest BCUT2D eigenvalue weighted by Crippen LogP contribution is -2.19. The van der Waals surface area contributed by atoms with E-state index in [2.05, 4.69) is 4.74 Å². The van der Waals surface area contributed by atoms with Crippen LogP contribution in [0.1, 0.15) is 34.1 Å². The fourth-order valence-corrected chi connectivity index (χ4v) is 2.99. The van der Waals surface area contributed by atoms with Gasteiger partial charge in [-0.05, 0) is 12.1 Å². The maximum Gasteiger partial charge on any atom is 0.338 e. The predicted molar refractivity (Wildman–Crippen MR) is 62.0 cm³/mol. The van der Waals surface area contributed by atoms with E-state index in [0.29, 0.717) is 17.5 Å². The number of methoxy groups -OCH3 is 1. The summed E-state index contributed by atoms with van der Waals surface area (Å²) in [4.78, 5) is 24.3. The molecular formula is C12H12O3S. The minimum absolute atomic E-state index is 0.0299. The number of ketones is 1. The van der Waals surface area contributed by atoms with Crippen LogP contribution in [0, 0.1) is 0 Å². The number of Topliss-reactive ketones (excluding diaryl/α,β-unsaturated/α-hetero) is 1. The number of thioether (sulfide) groups is 1. The lowest BCUT2D eigenvalue weighted by Gasteiger charge is -2.21. The summed E-state index contributed by atoms with van der Waals surface area (Å²) >= 11 is 1.63. The fraction of sp³-hybridized carbons (Fsp3) is 0.333. The van der Waals surface area contributed by atoms with E-state index in [4.69, 9.17) is 0 Å². The molecule has 0 bridgehead atoms. The van der Waals surface area contributed by atoms with Gasteiger partial charge in [0.05, 0.1) is 12.7 Å². The number of hydrogen-bond donors (Lipinski definition) is 0. The molecule has 0 aliphatic carbocycles. The predicted octanol–water partition coefficient (Wildman–Crippen LogP) is 2.54. The summed E-state index contributed by atoms with van der Waals surface area (Å²) in [7, 11) is 1.32. The number of ether oxygens (including phenoxy) is 1. The van der Waals surface area contributed by atoms with E-state index in [1.807, 2.05) is 13.0 Å². The van der Waals surface area contributed by atoms with Crippen molar-refractivity contribution in [1.82, 2.24) is 0 Å². The van der Waals surface area contributed by atoms with E-state index in [0.717, 1.165) is 4.90 Å². The van der Waals surface area contributed by atoms with E-state index >= 15 is 0 Å². The highest BCUT2D eigenvalue weighted by Gasteiger charge is 2.27. The molecule has 0 amide bonds. The molecule has 0 fully saturated rings. The van der Waals surface area contributed by atoms with Crippen LogP contribution in [0.2, 0.25) is 0 Å². The first kappa shape index (κ1) is 11.2. The second kappa shape index (κ2) is 4.29. The summed E-state index contributed by atoms with van der Waals surface area (Å²) in [6.07, 6.45) is 0.478. The molecule has 0 radical (unpaired) electrons. The molecule has 4 heteroatoms. The van der Waals surface area contributed by atoms with Crippen LogP contribution in [-0.2, 0) is 4.74 Å². The number of rotatable bonds is 1. The Balaban J connectivity index is 2.54. The maximum atomic E-state index is 11.9. The summed E-state index contributed by atoms with van der Waals surface area (Å²) in [6, 6.07) is 5.29. The Morgan fingerprint density at radius 2 is 2.25 bits per heavy atom. The number of fused-ring (bicyclic) bond motifs is 1. The van der Waals surface area contributed by atoms with E-state index < -0.39 is 5.97 Å². The van der Waals surface area contributed by atoms with Gasteiger partial charge in [0.1, 0.15) is 0 Å². The molecular weight excluding hydrogens is 224 g/mol. The van der Waals surface area contributed by atoms with E-state index in [1.165, 1.54) is 7.11 Å². The van der Waals surface area contributed by atoms with Crippen LogP contribution in [-0.4, -0.2) is 24.1 Å². The van der Waals surface area contributed by atoms with Gasteiger partial charge in [-0.1, -0.05) is 13.0 Å². The lowest BCUT2D eigenvalue weighted by atomic mass is 10.00. The molecule has 1 atom stereocenters. The fourth-order valence-electron chi connectivity index (χ4n) is 1.82. The minimum Gasteiger partial charge on any atom is -0.465 e. The van der Waals surface area contributed by atoms with Gasteiger partial charge in [0.2, 0.25) is 0 Å². The Labute approximate surface area is 98.2 Å². The summed E-state index contributed by atoms with van der Waals surface area (Å²) < 4.78 is 4.68. The van der Waals surface area contributed by atoms with Crippen LogP contribution in [0.25, 0.3) is 0 Å². The number of carbonyl (C=O) groups is 2. The third kappa shape index (κ3) is 1.85. The Kier molecular flexibility index (Phi) is 3.01. The lowest BCUT2D eigenvalue weighted by molar-refractivity contribution is 0.0596. The monoisotopic (exact) mass is 236 g/mol. The van der Waals surface area contributed by atoms with Crippen molar-refractivity contribution < 1.29 is 14.3 Å². The zero-order valence-corrected chi connectivity index (χ0v) is 9.97. The third-order valence-corrected chi connectivity index (χ3v) is 3.67. The molecule has 0 spiro atoms. The van der Waals surface area contributed by atoms with E-state index in [1.54, 1.807) is 23.9 Å². The highest BCUT2D eigenvalue weighted by atomic mass is 32.2. The van der Waals surface area contributed by atoms with Gasteiger partial charge in [-0.25, -0.2) is 4.79 Å². The zero-order valence-electron chi connectivity index (χ0n) is 9.15. The quantitative estimate of drug-likeness (QED) is 0.703. The van der Waals surface area contributed by atoms with Crippen LogP contribution < -0.4 is 0 Å². The average molecular weight is 236 g/mol. The van der Waals surface area contributed by atoms with Gasteiger partial charge in [0.15, 0.2) is 5.78 Å². The molecule has 1 aromatic rings. The molecule has 1 aliphatic heterocycles. The highest BCUT2D eigenvalue weighted by molar-refractivity contribution is 8.00. The van der Waals surface area contributed by atoms with Crippen LogP contribution >= 0.6 is 11.8 Å². The Morgan fingerprint density at radius 1 is 1.50 bits per heavy atom. The van der Waals surface area contributed by atoms with Crippen molar-refractivity contribution in [2.45, 2.75) is 23.5 Å². The first-order chi connectivity index (χ1) is 7.63. The number of carbonyl (C=O) groups excluding carboxylic acids is 2. The van der Waals surface area contributed by atoms with Crippen molar-refractivity contribution in [2.24, 2.45) is 0 Å². The molecule has 0 N–H and O–H groups in total. The highest BCUT2D eigenvalue weighted by Crippen LogP contribution is 2.36. The Bertz CT molecular complexity index is 454. The number of esters is 1. The average Bonchev–Trinajstić information content (AvgIpc) is 2.26. The van der Waals surface area contributed by atoms with Crippen LogP contribution in [0.3, 0.4) is 0 Å². The molecule has 1 heterocycles. The molecule has 1 aliphatic rings. The SMILES string of the molecule is COC(=O)c1cccc2c1C(=O)CC(C)S2. The molecule has 0 saturated heterocycles. The summed E-state index contributed by atoms with van der Waals surface area (Å²) in [5.74, 6) is -0.414. The number of benzene rings is 1. The van der Waals surface area contributed by atoms with Gasteiger partial charge >= 0.3 is 5.97 Å². The van der Waals surface area contributed by atoms with Gasteiger partial charge in [-0.2, -0.15) is 0 Å². The molecule has 0 aromatic heterocycles. The van der Waals surface area contributed by atoms with Gasteiger partial charge in [-0.3, -0.25) is 4.79 Å². The Hall–Kier alpha value is -1.29. The van der Waals surface area contributed by atoms with Crippen LogP contribution in [0.15, 0.2) is 23.1 Å². The zero-order chi connectivity index (χ0) is 11.7. The molecule has 84 valence electrons. The first-order valence-electron chi connectivity index (χ1n) is 5.04. The van der Waals surface area contributed by atoms with Crippen molar-refractivity contribution >= 4 is 23.5 Å². The van der Waals surface area contributed by atoms with E-state index in [-0.39, 0.29) is 11.0 Å². The van der Waals surface area contributed by atoms with Crippen molar-refractivity contribution in [1.29, 1.82) is 0 Å². The van der Waals surface area contributed by atoms with E-state index in [9.17, 15) is 9.59 Å². The van der Waals surface area contributed by atoms with Crippen molar-refractivity contribution in [3.05, 3.63) is 29.3 Å². The summed E-state index contributed by atoms with van der Waals surface area (Å²) in [5.41, 5.74) is 0.904. The smallest absolute Gasteiger partial charge is 0.338 e. The largest absolute Gasteiger partial charge is 0.465 e. The first-order valence-corrected chi connectivity index (χ1v) is 5.92. The van der Waals surface area contributed by atoms with Crippen molar-refractivity contribution in [3.8, 4) is 0 Å². The van der Waals surface area contributed by atoms with Gasteiger partial charge in [0.25, 0.3) is 0 Å². The standard InChI is InChI=1S/C12H12O3S/c1-7-6-9(13)11-8(12(14)15-2)4-3-5-10(11)16-7/h3-5,7H,6H2,1-2H3. The van der Waals surface area contributed by atoms with Crippen molar-refractivity contribution in [2.75, 3.05) is 7.11 Å². The van der Waals surface area contributed by atoms with Crippen molar-refractivity contribution in [3.63, 3.8) is 0 Å². The minimum atomic E-state index is -0.444. The molecule has 16 heavy (non-hydrogen) atoms. The second-order valence-corrected chi connectivity index (χ2v) is 5.21.